The Hall–Kier alpha value is -3.15. The van der Waals surface area contributed by atoms with Gasteiger partial charge < -0.3 is 9.47 Å². The molecule has 116 valence electrons. The summed E-state index contributed by atoms with van der Waals surface area (Å²) in [6.45, 7) is 2.06. The maximum Gasteiger partial charge on any atom is 0.411 e. The first-order chi connectivity index (χ1) is 11.3. The molecule has 3 rings (SSSR count). The van der Waals surface area contributed by atoms with Crippen molar-refractivity contribution >= 4 is 22.7 Å². The molecule has 0 saturated carbocycles. The zero-order chi connectivity index (χ0) is 16.1. The molecule has 1 N–H and O–H groups in total. The Bertz CT molecular complexity index is 831. The van der Waals surface area contributed by atoms with Gasteiger partial charge in [-0.3, -0.25) is 5.32 Å². The van der Waals surface area contributed by atoms with E-state index in [1.54, 1.807) is 31.2 Å². The number of ether oxygens (including phenoxy) is 2. The molecule has 1 amide bonds. The zero-order valence-corrected chi connectivity index (χ0v) is 12.5. The van der Waals surface area contributed by atoms with Gasteiger partial charge in [-0.05, 0) is 31.2 Å². The lowest BCUT2D eigenvalue weighted by molar-refractivity contribution is 0.168. The number of hydrogen-bond acceptors (Lipinski definition) is 5. The molecular weight excluding hydrogens is 294 g/mol. The fraction of sp³-hybridized carbons (Fsp3) is 0.118. The SMILES string of the molecule is CCOC(=O)Nc1cccc(Oc2ncnc3ccccc23)c1. The second kappa shape index (κ2) is 6.74. The van der Waals surface area contributed by atoms with Crippen molar-refractivity contribution in [3.63, 3.8) is 0 Å². The van der Waals surface area contributed by atoms with Gasteiger partial charge in [0.1, 0.15) is 12.1 Å². The molecule has 0 spiro atoms. The summed E-state index contributed by atoms with van der Waals surface area (Å²) in [6, 6.07) is 14.6. The number of nitrogens with zero attached hydrogens (tertiary/aromatic N) is 2. The van der Waals surface area contributed by atoms with Crippen molar-refractivity contribution in [3.8, 4) is 11.6 Å². The van der Waals surface area contributed by atoms with Crippen LogP contribution < -0.4 is 10.1 Å². The third-order valence-corrected chi connectivity index (χ3v) is 3.08. The third-order valence-electron chi connectivity index (χ3n) is 3.08. The van der Waals surface area contributed by atoms with Gasteiger partial charge in [0.2, 0.25) is 5.88 Å². The van der Waals surface area contributed by atoms with E-state index in [0.717, 1.165) is 10.9 Å². The van der Waals surface area contributed by atoms with Crippen molar-refractivity contribution in [2.24, 2.45) is 0 Å². The Morgan fingerprint density at radius 2 is 2.00 bits per heavy atom. The second-order valence-electron chi connectivity index (χ2n) is 4.67. The van der Waals surface area contributed by atoms with E-state index in [-0.39, 0.29) is 0 Å². The van der Waals surface area contributed by atoms with Crippen LogP contribution in [0.4, 0.5) is 10.5 Å². The molecule has 6 nitrogen and oxygen atoms in total. The zero-order valence-electron chi connectivity index (χ0n) is 12.5. The van der Waals surface area contributed by atoms with Crippen molar-refractivity contribution in [2.45, 2.75) is 6.92 Å². The number of fused-ring (bicyclic) bond motifs is 1. The fourth-order valence-corrected chi connectivity index (χ4v) is 2.10. The largest absolute Gasteiger partial charge is 0.450 e. The molecule has 0 aliphatic carbocycles. The van der Waals surface area contributed by atoms with Gasteiger partial charge in [-0.15, -0.1) is 0 Å². The van der Waals surface area contributed by atoms with Crippen molar-refractivity contribution in [1.29, 1.82) is 0 Å². The lowest BCUT2D eigenvalue weighted by atomic mass is 10.2. The molecule has 0 radical (unpaired) electrons. The lowest BCUT2D eigenvalue weighted by Crippen LogP contribution is -2.13. The first kappa shape index (κ1) is 14.8. The molecule has 3 aromatic rings. The minimum absolute atomic E-state index is 0.314. The molecule has 23 heavy (non-hydrogen) atoms. The van der Waals surface area contributed by atoms with E-state index in [9.17, 15) is 4.79 Å². The summed E-state index contributed by atoms with van der Waals surface area (Å²) >= 11 is 0. The quantitative estimate of drug-likeness (QED) is 0.788. The maximum absolute atomic E-state index is 11.5. The van der Waals surface area contributed by atoms with Crippen LogP contribution in [0.3, 0.4) is 0 Å². The Morgan fingerprint density at radius 3 is 2.87 bits per heavy atom. The Kier molecular flexibility index (Phi) is 4.33. The molecule has 0 atom stereocenters. The molecular formula is C17H15N3O3. The van der Waals surface area contributed by atoms with Crippen LogP contribution in [-0.2, 0) is 4.74 Å². The van der Waals surface area contributed by atoms with Crippen LogP contribution in [0, 0.1) is 0 Å². The summed E-state index contributed by atoms with van der Waals surface area (Å²) in [5.41, 5.74) is 1.39. The van der Waals surface area contributed by atoms with Crippen molar-refractivity contribution in [2.75, 3.05) is 11.9 Å². The third kappa shape index (κ3) is 3.55. The molecule has 2 aromatic carbocycles. The predicted molar refractivity (Wildman–Crippen MR) is 86.7 cm³/mol. The number of carbonyl (C=O) groups is 1. The summed E-state index contributed by atoms with van der Waals surface area (Å²) in [5.74, 6) is 1.02. The number of benzene rings is 2. The fourth-order valence-electron chi connectivity index (χ4n) is 2.10. The Balaban J connectivity index is 1.83. The number of anilines is 1. The van der Waals surface area contributed by atoms with Crippen LogP contribution in [0.25, 0.3) is 10.9 Å². The number of rotatable bonds is 4. The van der Waals surface area contributed by atoms with Gasteiger partial charge in [-0.2, -0.15) is 0 Å². The van der Waals surface area contributed by atoms with E-state index >= 15 is 0 Å². The first-order valence-corrected chi connectivity index (χ1v) is 7.17. The molecule has 0 aliphatic rings. The summed E-state index contributed by atoms with van der Waals surface area (Å²) in [6.07, 6.45) is 0.954. The normalized spacial score (nSPS) is 10.3. The van der Waals surface area contributed by atoms with Crippen LogP contribution in [-0.4, -0.2) is 22.7 Å². The topological polar surface area (TPSA) is 73.3 Å². The van der Waals surface area contributed by atoms with Crippen molar-refractivity contribution in [3.05, 3.63) is 54.9 Å². The summed E-state index contributed by atoms with van der Waals surface area (Å²) in [7, 11) is 0. The summed E-state index contributed by atoms with van der Waals surface area (Å²) < 4.78 is 10.7. The van der Waals surface area contributed by atoms with E-state index < -0.39 is 6.09 Å². The maximum atomic E-state index is 11.5. The number of aromatic nitrogens is 2. The molecule has 0 bridgehead atoms. The second-order valence-corrected chi connectivity index (χ2v) is 4.67. The molecule has 0 saturated heterocycles. The van der Waals surface area contributed by atoms with Crippen LogP contribution in [0.2, 0.25) is 0 Å². The highest BCUT2D eigenvalue weighted by Gasteiger charge is 2.07. The van der Waals surface area contributed by atoms with Crippen LogP contribution >= 0.6 is 0 Å². The van der Waals surface area contributed by atoms with E-state index in [2.05, 4.69) is 15.3 Å². The number of amides is 1. The highest BCUT2D eigenvalue weighted by molar-refractivity contribution is 5.85. The number of carbonyl (C=O) groups excluding carboxylic acids is 1. The van der Waals surface area contributed by atoms with Gasteiger partial charge in [0.05, 0.1) is 17.5 Å². The Morgan fingerprint density at radius 1 is 1.13 bits per heavy atom. The van der Waals surface area contributed by atoms with Gasteiger partial charge in [-0.1, -0.05) is 18.2 Å². The van der Waals surface area contributed by atoms with Crippen molar-refractivity contribution < 1.29 is 14.3 Å². The smallest absolute Gasteiger partial charge is 0.411 e. The van der Waals surface area contributed by atoms with E-state index in [0.29, 0.717) is 23.9 Å². The van der Waals surface area contributed by atoms with Crippen LogP contribution in [0.5, 0.6) is 11.6 Å². The molecule has 0 fully saturated rings. The molecule has 6 heteroatoms. The first-order valence-electron chi connectivity index (χ1n) is 7.17. The molecule has 1 aromatic heterocycles. The van der Waals surface area contributed by atoms with Gasteiger partial charge in [0.15, 0.2) is 0 Å². The highest BCUT2D eigenvalue weighted by atomic mass is 16.5. The van der Waals surface area contributed by atoms with Gasteiger partial charge in [0.25, 0.3) is 0 Å². The predicted octanol–water partition coefficient (Wildman–Crippen LogP) is 3.99. The number of nitrogens with one attached hydrogen (secondary N) is 1. The lowest BCUT2D eigenvalue weighted by Gasteiger charge is -2.09. The monoisotopic (exact) mass is 309 g/mol. The highest BCUT2D eigenvalue weighted by Crippen LogP contribution is 2.27. The van der Waals surface area contributed by atoms with Gasteiger partial charge in [-0.25, -0.2) is 14.8 Å². The van der Waals surface area contributed by atoms with E-state index in [4.69, 9.17) is 9.47 Å². The van der Waals surface area contributed by atoms with Crippen LogP contribution in [0.1, 0.15) is 6.92 Å². The summed E-state index contributed by atoms with van der Waals surface area (Å²) in [4.78, 5) is 19.8. The standard InChI is InChI=1S/C17H15N3O3/c1-2-22-17(21)20-12-6-5-7-13(10-12)23-16-14-8-3-4-9-15(14)18-11-19-16/h3-11H,2H2,1H3,(H,20,21). The molecule has 1 heterocycles. The van der Waals surface area contributed by atoms with Gasteiger partial charge in [0, 0.05) is 11.8 Å². The average Bonchev–Trinajstić information content (AvgIpc) is 2.56. The van der Waals surface area contributed by atoms with Crippen molar-refractivity contribution in [1.82, 2.24) is 9.97 Å². The molecule has 0 unspecified atom stereocenters. The number of hydrogen-bond donors (Lipinski definition) is 1. The minimum atomic E-state index is -0.503. The summed E-state index contributed by atoms with van der Waals surface area (Å²) in [5, 5.41) is 3.45. The minimum Gasteiger partial charge on any atom is -0.450 e. The molecule has 0 aliphatic heterocycles. The van der Waals surface area contributed by atoms with Gasteiger partial charge >= 0.3 is 6.09 Å². The average molecular weight is 309 g/mol. The van der Waals surface area contributed by atoms with Crippen LogP contribution in [0.15, 0.2) is 54.9 Å². The van der Waals surface area contributed by atoms with E-state index in [1.807, 2.05) is 24.3 Å². The Labute approximate surface area is 133 Å². The van der Waals surface area contributed by atoms with E-state index in [1.165, 1.54) is 6.33 Å². The number of para-hydroxylation sites is 1.